The molecule has 9 nitrogen and oxygen atoms in total. The number of nitrogens with one attached hydrogen (secondary N) is 1. The number of carbonyl (C=O) groups is 3. The van der Waals surface area contributed by atoms with E-state index < -0.39 is 30.1 Å². The van der Waals surface area contributed by atoms with Gasteiger partial charge in [0.2, 0.25) is 0 Å². The van der Waals surface area contributed by atoms with Gasteiger partial charge >= 0.3 is 5.97 Å². The summed E-state index contributed by atoms with van der Waals surface area (Å²) in [5.41, 5.74) is 0.616. The van der Waals surface area contributed by atoms with E-state index in [1.165, 1.54) is 51.7 Å². The summed E-state index contributed by atoms with van der Waals surface area (Å²) >= 11 is 0. The fourth-order valence-electron chi connectivity index (χ4n) is 3.13. The number of ether oxygens (including phenoxy) is 5. The van der Waals surface area contributed by atoms with E-state index in [0.717, 1.165) is 6.07 Å². The lowest BCUT2D eigenvalue weighted by Crippen LogP contribution is -2.20. The third-order valence-electron chi connectivity index (χ3n) is 4.95. The molecule has 0 radical (unpaired) electrons. The largest absolute Gasteiger partial charge is 0.495 e. The molecule has 0 heterocycles. The van der Waals surface area contributed by atoms with Crippen LogP contribution in [0.3, 0.4) is 0 Å². The molecule has 3 rings (SSSR count). The zero-order valence-corrected chi connectivity index (χ0v) is 19.8. The number of hydrogen-bond acceptors (Lipinski definition) is 8. The molecule has 1 amide bonds. The van der Waals surface area contributed by atoms with Gasteiger partial charge in [0, 0.05) is 5.56 Å². The van der Waals surface area contributed by atoms with Gasteiger partial charge in [-0.25, -0.2) is 9.18 Å². The average molecular weight is 497 g/mol. The van der Waals surface area contributed by atoms with E-state index >= 15 is 0 Å². The topological polar surface area (TPSA) is 109 Å². The Morgan fingerprint density at radius 2 is 1.42 bits per heavy atom. The van der Waals surface area contributed by atoms with Crippen LogP contribution in [-0.2, 0) is 9.53 Å². The van der Waals surface area contributed by atoms with Crippen molar-refractivity contribution in [2.45, 2.75) is 0 Å². The van der Waals surface area contributed by atoms with Crippen molar-refractivity contribution >= 4 is 23.3 Å². The van der Waals surface area contributed by atoms with Crippen molar-refractivity contribution in [2.24, 2.45) is 0 Å². The Labute approximate surface area is 206 Å². The lowest BCUT2D eigenvalue weighted by molar-refractivity contribution is -0.118. The number of methoxy groups -OCH3 is 3. The van der Waals surface area contributed by atoms with Crippen LogP contribution >= 0.6 is 0 Å². The lowest BCUT2D eigenvalue weighted by Gasteiger charge is -2.13. The van der Waals surface area contributed by atoms with E-state index in [1.54, 1.807) is 24.3 Å². The van der Waals surface area contributed by atoms with Gasteiger partial charge in [-0.1, -0.05) is 12.1 Å². The molecule has 0 aromatic heterocycles. The molecule has 3 aromatic rings. The summed E-state index contributed by atoms with van der Waals surface area (Å²) in [6.45, 7) is -0.917. The van der Waals surface area contributed by atoms with Crippen LogP contribution in [0.5, 0.6) is 23.0 Å². The number of hydrogen-bond donors (Lipinski definition) is 1. The summed E-state index contributed by atoms with van der Waals surface area (Å²) in [7, 11) is 4.17. The van der Waals surface area contributed by atoms with E-state index in [-0.39, 0.29) is 35.0 Å². The van der Waals surface area contributed by atoms with Gasteiger partial charge in [0.1, 0.15) is 5.75 Å². The van der Waals surface area contributed by atoms with Crippen molar-refractivity contribution < 1.29 is 42.5 Å². The molecular formula is C26H24FNO8. The zero-order chi connectivity index (χ0) is 26.1. The monoisotopic (exact) mass is 497 g/mol. The Hall–Kier alpha value is -4.60. The van der Waals surface area contributed by atoms with Crippen LogP contribution in [0, 0.1) is 5.82 Å². The molecule has 3 aromatic carbocycles. The van der Waals surface area contributed by atoms with Crippen LogP contribution < -0.4 is 24.3 Å². The van der Waals surface area contributed by atoms with Gasteiger partial charge in [0.05, 0.1) is 32.6 Å². The number of carbonyl (C=O) groups excluding carboxylic acids is 3. The summed E-state index contributed by atoms with van der Waals surface area (Å²) in [5.74, 6) is -1.62. The molecule has 0 saturated carbocycles. The molecule has 36 heavy (non-hydrogen) atoms. The SMILES string of the molecule is COc1ccc(C(=O)COC(=O)c2ccc(OCC(=O)Nc3ccccc3OC)c(OC)c2)cc1F. The summed E-state index contributed by atoms with van der Waals surface area (Å²) in [5, 5.41) is 2.68. The molecule has 0 aliphatic rings. The fourth-order valence-corrected chi connectivity index (χ4v) is 3.13. The van der Waals surface area contributed by atoms with Crippen molar-refractivity contribution in [1.29, 1.82) is 0 Å². The Balaban J connectivity index is 1.58. The zero-order valence-electron chi connectivity index (χ0n) is 19.8. The smallest absolute Gasteiger partial charge is 0.338 e. The highest BCUT2D eigenvalue weighted by Crippen LogP contribution is 2.29. The number of esters is 1. The van der Waals surface area contributed by atoms with Crippen molar-refractivity contribution in [3.63, 3.8) is 0 Å². The third kappa shape index (κ3) is 6.50. The van der Waals surface area contributed by atoms with Crippen LogP contribution in [0.4, 0.5) is 10.1 Å². The van der Waals surface area contributed by atoms with Crippen molar-refractivity contribution in [3.05, 3.63) is 77.6 Å². The number of ketones is 1. The number of benzene rings is 3. The van der Waals surface area contributed by atoms with Crippen LogP contribution in [0.2, 0.25) is 0 Å². The number of amides is 1. The van der Waals surface area contributed by atoms with Crippen LogP contribution in [0.25, 0.3) is 0 Å². The molecule has 0 bridgehead atoms. The van der Waals surface area contributed by atoms with Gasteiger partial charge in [-0.15, -0.1) is 0 Å². The maximum atomic E-state index is 13.8. The minimum Gasteiger partial charge on any atom is -0.495 e. The molecular weight excluding hydrogens is 473 g/mol. The Morgan fingerprint density at radius 1 is 0.750 bits per heavy atom. The molecule has 0 unspecified atom stereocenters. The summed E-state index contributed by atoms with van der Waals surface area (Å²) in [6.07, 6.45) is 0. The van der Waals surface area contributed by atoms with Gasteiger partial charge in [-0.05, 0) is 48.5 Å². The van der Waals surface area contributed by atoms with Crippen LogP contribution in [-0.4, -0.2) is 52.2 Å². The maximum Gasteiger partial charge on any atom is 0.338 e. The quantitative estimate of drug-likeness (QED) is 0.314. The first-order chi connectivity index (χ1) is 17.4. The normalized spacial score (nSPS) is 10.2. The molecule has 0 spiro atoms. The highest BCUT2D eigenvalue weighted by atomic mass is 19.1. The Bertz CT molecular complexity index is 1260. The third-order valence-corrected chi connectivity index (χ3v) is 4.95. The van der Waals surface area contributed by atoms with Gasteiger partial charge in [0.15, 0.2) is 42.1 Å². The first kappa shape index (κ1) is 26.0. The number of anilines is 1. The Morgan fingerprint density at radius 3 is 2.11 bits per heavy atom. The van der Waals surface area contributed by atoms with E-state index in [9.17, 15) is 18.8 Å². The molecule has 0 fully saturated rings. The second-order valence-electron chi connectivity index (χ2n) is 7.25. The van der Waals surface area contributed by atoms with Crippen molar-refractivity contribution in [2.75, 3.05) is 39.9 Å². The van der Waals surface area contributed by atoms with Gasteiger partial charge < -0.3 is 29.0 Å². The first-order valence-electron chi connectivity index (χ1n) is 10.6. The van der Waals surface area contributed by atoms with E-state index in [0.29, 0.717) is 11.4 Å². The molecule has 188 valence electrons. The van der Waals surface area contributed by atoms with Gasteiger partial charge in [-0.3, -0.25) is 9.59 Å². The second-order valence-corrected chi connectivity index (χ2v) is 7.25. The highest BCUT2D eigenvalue weighted by Gasteiger charge is 2.17. The summed E-state index contributed by atoms with van der Waals surface area (Å²) in [6, 6.07) is 14.8. The minimum absolute atomic E-state index is 0.00442. The lowest BCUT2D eigenvalue weighted by atomic mass is 10.1. The van der Waals surface area contributed by atoms with Crippen molar-refractivity contribution in [1.82, 2.24) is 0 Å². The fraction of sp³-hybridized carbons (Fsp3) is 0.192. The Kier molecular flexibility index (Phi) is 8.82. The summed E-state index contributed by atoms with van der Waals surface area (Å²) < 4.78 is 39.6. The van der Waals surface area contributed by atoms with Gasteiger partial charge in [0.25, 0.3) is 5.91 Å². The molecule has 0 atom stereocenters. The van der Waals surface area contributed by atoms with Crippen LogP contribution in [0.15, 0.2) is 60.7 Å². The number of halogens is 1. The minimum atomic E-state index is -0.795. The maximum absolute atomic E-state index is 13.8. The van der Waals surface area contributed by atoms with Gasteiger partial charge in [-0.2, -0.15) is 0 Å². The molecule has 1 N–H and O–H groups in total. The van der Waals surface area contributed by atoms with Crippen LogP contribution in [0.1, 0.15) is 20.7 Å². The number of rotatable bonds is 11. The molecule has 0 saturated heterocycles. The standard InChI is InChI=1S/C26H24FNO8/c1-32-21-10-8-16(12-18(21)27)20(29)14-36-26(31)17-9-11-23(24(13-17)34-3)35-15-25(30)28-19-6-4-5-7-22(19)33-2/h4-13H,14-15H2,1-3H3,(H,28,30). The average Bonchev–Trinajstić information content (AvgIpc) is 2.90. The van der Waals surface area contributed by atoms with Crippen molar-refractivity contribution in [3.8, 4) is 23.0 Å². The number of para-hydroxylation sites is 2. The second kappa shape index (κ2) is 12.2. The van der Waals surface area contributed by atoms with E-state index in [1.807, 2.05) is 0 Å². The number of Topliss-reactive ketones (excluding diaryl/α,β-unsaturated/α-hetero) is 1. The summed E-state index contributed by atoms with van der Waals surface area (Å²) in [4.78, 5) is 37.0. The van der Waals surface area contributed by atoms with E-state index in [2.05, 4.69) is 5.32 Å². The predicted octanol–water partition coefficient (Wildman–Crippen LogP) is 3.91. The molecule has 0 aliphatic carbocycles. The first-order valence-corrected chi connectivity index (χ1v) is 10.6. The highest BCUT2D eigenvalue weighted by molar-refractivity contribution is 5.99. The molecule has 10 heteroatoms. The predicted molar refractivity (Wildman–Crippen MR) is 128 cm³/mol. The molecule has 0 aliphatic heterocycles. The van der Waals surface area contributed by atoms with E-state index in [4.69, 9.17) is 23.7 Å².